The van der Waals surface area contributed by atoms with Crippen molar-refractivity contribution in [3.05, 3.63) is 18.0 Å². The van der Waals surface area contributed by atoms with Crippen LogP contribution in [0.4, 0.5) is 0 Å². The molecule has 0 aliphatic heterocycles. The minimum atomic E-state index is -0.197. The molecule has 1 amide bonds. The van der Waals surface area contributed by atoms with Gasteiger partial charge in [-0.25, -0.2) is 0 Å². The SMILES string of the molecule is CCC(CCCl)CNC(=O)c1ccon1. The second-order valence-corrected chi connectivity index (χ2v) is 3.72. The van der Waals surface area contributed by atoms with Crippen molar-refractivity contribution >= 4 is 17.5 Å². The number of halogens is 1. The van der Waals surface area contributed by atoms with Crippen molar-refractivity contribution in [2.24, 2.45) is 5.92 Å². The second kappa shape index (κ2) is 6.45. The fourth-order valence-corrected chi connectivity index (χ4v) is 1.57. The maximum atomic E-state index is 11.5. The highest BCUT2D eigenvalue weighted by Gasteiger charge is 2.11. The van der Waals surface area contributed by atoms with Gasteiger partial charge in [-0.1, -0.05) is 18.5 Å². The molecule has 0 radical (unpaired) electrons. The van der Waals surface area contributed by atoms with Crippen molar-refractivity contribution in [3.8, 4) is 0 Å². The van der Waals surface area contributed by atoms with Crippen LogP contribution in [0.15, 0.2) is 16.9 Å². The molecular formula is C10H15ClN2O2. The molecular weight excluding hydrogens is 216 g/mol. The molecule has 1 atom stereocenters. The van der Waals surface area contributed by atoms with E-state index in [9.17, 15) is 4.79 Å². The van der Waals surface area contributed by atoms with Crippen LogP contribution in [0.25, 0.3) is 0 Å². The topological polar surface area (TPSA) is 55.1 Å². The van der Waals surface area contributed by atoms with Gasteiger partial charge in [-0.15, -0.1) is 11.6 Å². The van der Waals surface area contributed by atoms with Gasteiger partial charge in [0.2, 0.25) is 0 Å². The maximum absolute atomic E-state index is 11.5. The summed E-state index contributed by atoms with van der Waals surface area (Å²) >= 11 is 5.65. The van der Waals surface area contributed by atoms with E-state index in [-0.39, 0.29) is 5.91 Å². The Bertz CT molecular complexity index is 288. The highest BCUT2D eigenvalue weighted by atomic mass is 35.5. The highest BCUT2D eigenvalue weighted by molar-refractivity contribution is 6.17. The van der Waals surface area contributed by atoms with Crippen molar-refractivity contribution < 1.29 is 9.32 Å². The summed E-state index contributed by atoms with van der Waals surface area (Å²) in [6, 6.07) is 1.54. The Hall–Kier alpha value is -1.03. The molecule has 5 heteroatoms. The molecule has 0 saturated carbocycles. The van der Waals surface area contributed by atoms with Crippen molar-refractivity contribution in [2.75, 3.05) is 12.4 Å². The molecule has 0 bridgehead atoms. The number of hydrogen-bond acceptors (Lipinski definition) is 3. The minimum Gasteiger partial charge on any atom is -0.364 e. The monoisotopic (exact) mass is 230 g/mol. The van der Waals surface area contributed by atoms with Crippen molar-refractivity contribution in [1.29, 1.82) is 0 Å². The molecule has 0 aliphatic carbocycles. The molecule has 0 aliphatic rings. The number of nitrogens with one attached hydrogen (secondary N) is 1. The minimum absolute atomic E-state index is 0.197. The van der Waals surface area contributed by atoms with Crippen molar-refractivity contribution in [1.82, 2.24) is 10.5 Å². The smallest absolute Gasteiger partial charge is 0.273 e. The number of carbonyl (C=O) groups is 1. The zero-order chi connectivity index (χ0) is 11.1. The molecule has 0 aromatic carbocycles. The van der Waals surface area contributed by atoms with E-state index in [0.29, 0.717) is 24.0 Å². The first kappa shape index (κ1) is 12.0. The first-order valence-electron chi connectivity index (χ1n) is 5.02. The first-order valence-corrected chi connectivity index (χ1v) is 5.56. The Balaban J connectivity index is 2.33. The van der Waals surface area contributed by atoms with Gasteiger partial charge in [0.25, 0.3) is 5.91 Å². The number of nitrogens with zero attached hydrogens (tertiary/aromatic N) is 1. The zero-order valence-corrected chi connectivity index (χ0v) is 9.46. The molecule has 1 heterocycles. The third-order valence-electron chi connectivity index (χ3n) is 2.32. The number of carbonyl (C=O) groups excluding carboxylic acids is 1. The fraction of sp³-hybridized carbons (Fsp3) is 0.600. The quantitative estimate of drug-likeness (QED) is 0.761. The first-order chi connectivity index (χ1) is 7.27. The standard InChI is InChI=1S/C10H15ClN2O2/c1-2-8(3-5-11)7-12-10(14)9-4-6-15-13-9/h4,6,8H,2-3,5,7H2,1H3,(H,12,14). The van der Waals surface area contributed by atoms with Crippen LogP contribution < -0.4 is 5.32 Å². The second-order valence-electron chi connectivity index (χ2n) is 3.35. The predicted molar refractivity (Wildman–Crippen MR) is 58.0 cm³/mol. The molecule has 0 saturated heterocycles. The Morgan fingerprint density at radius 1 is 1.73 bits per heavy atom. The molecule has 1 unspecified atom stereocenters. The lowest BCUT2D eigenvalue weighted by molar-refractivity contribution is 0.0937. The number of rotatable bonds is 6. The molecule has 1 aromatic rings. The van der Waals surface area contributed by atoms with E-state index in [1.54, 1.807) is 0 Å². The number of hydrogen-bond donors (Lipinski definition) is 1. The van der Waals surface area contributed by atoms with E-state index in [0.717, 1.165) is 12.8 Å². The fourth-order valence-electron chi connectivity index (χ4n) is 1.26. The Kier molecular flexibility index (Phi) is 5.18. The number of alkyl halides is 1. The summed E-state index contributed by atoms with van der Waals surface area (Å²) in [7, 11) is 0. The van der Waals surface area contributed by atoms with Gasteiger partial charge in [-0.3, -0.25) is 4.79 Å². The van der Waals surface area contributed by atoms with Crippen molar-refractivity contribution in [2.45, 2.75) is 19.8 Å². The van der Waals surface area contributed by atoms with Gasteiger partial charge in [0.05, 0.1) is 0 Å². The zero-order valence-electron chi connectivity index (χ0n) is 8.70. The Morgan fingerprint density at radius 2 is 2.53 bits per heavy atom. The summed E-state index contributed by atoms with van der Waals surface area (Å²) in [5.41, 5.74) is 0.315. The van der Waals surface area contributed by atoms with Crippen LogP contribution in [0, 0.1) is 5.92 Å². The van der Waals surface area contributed by atoms with Gasteiger partial charge < -0.3 is 9.84 Å². The van der Waals surface area contributed by atoms with Crippen LogP contribution >= 0.6 is 11.6 Å². The molecule has 1 rings (SSSR count). The number of amides is 1. The molecule has 4 nitrogen and oxygen atoms in total. The summed E-state index contributed by atoms with van der Waals surface area (Å²) in [6.07, 6.45) is 3.30. The maximum Gasteiger partial charge on any atom is 0.273 e. The van der Waals surface area contributed by atoms with E-state index >= 15 is 0 Å². The molecule has 84 valence electrons. The largest absolute Gasteiger partial charge is 0.364 e. The molecule has 0 spiro atoms. The molecule has 0 fully saturated rings. The summed E-state index contributed by atoms with van der Waals surface area (Å²) in [6.45, 7) is 2.72. The van der Waals surface area contributed by atoms with E-state index < -0.39 is 0 Å². The van der Waals surface area contributed by atoms with E-state index in [1.165, 1.54) is 12.3 Å². The lowest BCUT2D eigenvalue weighted by atomic mass is 10.0. The van der Waals surface area contributed by atoms with E-state index in [4.69, 9.17) is 11.6 Å². The normalized spacial score (nSPS) is 12.4. The van der Waals surface area contributed by atoms with E-state index in [1.807, 2.05) is 0 Å². The van der Waals surface area contributed by atoms with Crippen LogP contribution in [-0.4, -0.2) is 23.5 Å². The van der Waals surface area contributed by atoms with Gasteiger partial charge in [0.15, 0.2) is 5.69 Å². The predicted octanol–water partition coefficient (Wildman–Crippen LogP) is 2.06. The summed E-state index contributed by atoms with van der Waals surface area (Å²) in [5, 5.41) is 6.35. The van der Waals surface area contributed by atoms with Crippen LogP contribution in [-0.2, 0) is 0 Å². The Labute approximate surface area is 94.0 Å². The van der Waals surface area contributed by atoms with Crippen molar-refractivity contribution in [3.63, 3.8) is 0 Å². The molecule has 15 heavy (non-hydrogen) atoms. The van der Waals surface area contributed by atoms with Gasteiger partial charge in [0.1, 0.15) is 6.26 Å². The van der Waals surface area contributed by atoms with Crippen LogP contribution in [0.2, 0.25) is 0 Å². The van der Waals surface area contributed by atoms with Gasteiger partial charge >= 0.3 is 0 Å². The van der Waals surface area contributed by atoms with Crippen LogP contribution in [0.5, 0.6) is 0 Å². The van der Waals surface area contributed by atoms with Gasteiger partial charge in [0, 0.05) is 18.5 Å². The number of aromatic nitrogens is 1. The summed E-state index contributed by atoms with van der Waals surface area (Å²) in [5.74, 6) is 0.855. The van der Waals surface area contributed by atoms with Gasteiger partial charge in [-0.05, 0) is 12.3 Å². The lowest BCUT2D eigenvalue weighted by Gasteiger charge is -2.13. The molecule has 1 aromatic heterocycles. The average Bonchev–Trinajstić information content (AvgIpc) is 2.77. The summed E-state index contributed by atoms with van der Waals surface area (Å²) < 4.78 is 4.58. The van der Waals surface area contributed by atoms with Crippen LogP contribution in [0.3, 0.4) is 0 Å². The third kappa shape index (κ3) is 3.91. The summed E-state index contributed by atoms with van der Waals surface area (Å²) in [4.78, 5) is 11.5. The van der Waals surface area contributed by atoms with Crippen LogP contribution in [0.1, 0.15) is 30.3 Å². The van der Waals surface area contributed by atoms with E-state index in [2.05, 4.69) is 21.9 Å². The lowest BCUT2D eigenvalue weighted by Crippen LogP contribution is -2.29. The third-order valence-corrected chi connectivity index (χ3v) is 2.53. The van der Waals surface area contributed by atoms with Gasteiger partial charge in [-0.2, -0.15) is 0 Å². The highest BCUT2D eigenvalue weighted by Crippen LogP contribution is 2.08. The average molecular weight is 231 g/mol. The Morgan fingerprint density at radius 3 is 3.07 bits per heavy atom. The molecule has 1 N–H and O–H groups in total.